The number of hydrogen-bond acceptors (Lipinski definition) is 3. The molecule has 1 spiro atoms. The molecule has 4 heteroatoms. The van der Waals surface area contributed by atoms with E-state index in [0.29, 0.717) is 0 Å². The maximum atomic E-state index is 8.64. The standard InChI is InChI=1S/C10H19NO3/c12-6-5-11-7-9-8-13-10(14-9)3-1-2-4-10/h9,11-12H,1-8H2/p+1/t9-/m1/s1. The summed E-state index contributed by atoms with van der Waals surface area (Å²) in [6.07, 6.45) is 4.80. The summed E-state index contributed by atoms with van der Waals surface area (Å²) in [5.74, 6) is -0.224. The third-order valence-electron chi connectivity index (χ3n) is 3.04. The van der Waals surface area contributed by atoms with Gasteiger partial charge in [0, 0.05) is 12.8 Å². The first kappa shape index (κ1) is 10.4. The molecule has 2 fully saturated rings. The molecule has 1 heterocycles. The Kier molecular flexibility index (Phi) is 3.38. The Balaban J connectivity index is 1.71. The molecule has 0 aromatic rings. The summed E-state index contributed by atoms with van der Waals surface area (Å²) in [6.45, 7) is 2.62. The van der Waals surface area contributed by atoms with E-state index in [2.05, 4.69) is 5.32 Å². The molecule has 3 N–H and O–H groups in total. The van der Waals surface area contributed by atoms with Crippen molar-refractivity contribution in [2.45, 2.75) is 37.6 Å². The van der Waals surface area contributed by atoms with Gasteiger partial charge in [-0.3, -0.25) is 0 Å². The van der Waals surface area contributed by atoms with Gasteiger partial charge in [-0.2, -0.15) is 0 Å². The van der Waals surface area contributed by atoms with E-state index in [1.165, 1.54) is 12.8 Å². The lowest BCUT2D eigenvalue weighted by atomic mass is 10.2. The molecule has 0 aromatic carbocycles. The van der Waals surface area contributed by atoms with Crippen LogP contribution in [-0.4, -0.2) is 43.3 Å². The van der Waals surface area contributed by atoms with E-state index in [9.17, 15) is 0 Å². The van der Waals surface area contributed by atoms with Crippen LogP contribution in [0.1, 0.15) is 25.7 Å². The maximum absolute atomic E-state index is 8.64. The molecule has 1 aliphatic carbocycles. The lowest BCUT2D eigenvalue weighted by Gasteiger charge is -2.21. The largest absolute Gasteiger partial charge is 0.391 e. The smallest absolute Gasteiger partial charge is 0.169 e. The maximum Gasteiger partial charge on any atom is 0.169 e. The second kappa shape index (κ2) is 4.57. The molecule has 0 radical (unpaired) electrons. The number of hydrogen-bond donors (Lipinski definition) is 2. The van der Waals surface area contributed by atoms with Gasteiger partial charge >= 0.3 is 0 Å². The Morgan fingerprint density at radius 1 is 1.36 bits per heavy atom. The van der Waals surface area contributed by atoms with Crippen LogP contribution in [-0.2, 0) is 9.47 Å². The minimum atomic E-state index is -0.224. The highest BCUT2D eigenvalue weighted by molar-refractivity contribution is 4.83. The average Bonchev–Trinajstić information content (AvgIpc) is 2.79. The van der Waals surface area contributed by atoms with Gasteiger partial charge in [-0.05, 0) is 12.8 Å². The molecule has 1 saturated heterocycles. The second-order valence-electron chi connectivity index (χ2n) is 4.21. The van der Waals surface area contributed by atoms with Crippen molar-refractivity contribution in [3.05, 3.63) is 0 Å². The third-order valence-corrected chi connectivity index (χ3v) is 3.04. The summed E-state index contributed by atoms with van der Waals surface area (Å²) in [5, 5.41) is 10.7. The van der Waals surface area contributed by atoms with E-state index in [4.69, 9.17) is 14.6 Å². The first-order valence-corrected chi connectivity index (χ1v) is 5.59. The molecule has 1 atom stereocenters. The average molecular weight is 202 g/mol. The Morgan fingerprint density at radius 3 is 2.86 bits per heavy atom. The third kappa shape index (κ3) is 2.25. The number of ether oxygens (including phenoxy) is 2. The zero-order valence-corrected chi connectivity index (χ0v) is 8.58. The molecular weight excluding hydrogens is 182 g/mol. The van der Waals surface area contributed by atoms with Crippen LogP contribution in [0.5, 0.6) is 0 Å². The van der Waals surface area contributed by atoms with E-state index >= 15 is 0 Å². The van der Waals surface area contributed by atoms with Crippen LogP contribution >= 0.6 is 0 Å². The van der Waals surface area contributed by atoms with Crippen LogP contribution in [0.15, 0.2) is 0 Å². The lowest BCUT2D eigenvalue weighted by molar-refractivity contribution is -0.662. The van der Waals surface area contributed by atoms with Crippen molar-refractivity contribution in [2.75, 3.05) is 26.3 Å². The zero-order valence-electron chi connectivity index (χ0n) is 8.58. The number of rotatable bonds is 4. The summed E-state index contributed by atoms with van der Waals surface area (Å²) in [5.41, 5.74) is 0. The van der Waals surface area contributed by atoms with E-state index in [0.717, 1.165) is 32.5 Å². The molecule has 1 saturated carbocycles. The molecule has 82 valence electrons. The van der Waals surface area contributed by atoms with E-state index in [1.54, 1.807) is 0 Å². The van der Waals surface area contributed by atoms with E-state index in [-0.39, 0.29) is 18.5 Å². The molecule has 2 aliphatic rings. The summed E-state index contributed by atoms with van der Waals surface area (Å²) in [4.78, 5) is 0. The minimum absolute atomic E-state index is 0.222. The van der Waals surface area contributed by atoms with Gasteiger partial charge in [0.05, 0.1) is 19.8 Å². The predicted octanol–water partition coefficient (Wildman–Crippen LogP) is -0.772. The quantitative estimate of drug-likeness (QED) is 0.588. The van der Waals surface area contributed by atoms with Crippen LogP contribution < -0.4 is 5.32 Å². The second-order valence-corrected chi connectivity index (χ2v) is 4.21. The fourth-order valence-electron chi connectivity index (χ4n) is 2.30. The predicted molar refractivity (Wildman–Crippen MR) is 50.8 cm³/mol. The zero-order chi connectivity index (χ0) is 9.86. The molecule has 0 unspecified atom stereocenters. The van der Waals surface area contributed by atoms with Gasteiger partial charge in [0.2, 0.25) is 0 Å². The highest BCUT2D eigenvalue weighted by Gasteiger charge is 2.43. The Hall–Kier alpha value is -0.160. The molecule has 14 heavy (non-hydrogen) atoms. The molecular formula is C10H20NO3+. The first-order chi connectivity index (χ1) is 6.85. The SMILES string of the molecule is OCC[NH2+]C[C@@H]1COC2(CCCC2)O1. The van der Waals surface area contributed by atoms with Crippen LogP contribution in [0.2, 0.25) is 0 Å². The fourth-order valence-corrected chi connectivity index (χ4v) is 2.30. The van der Waals surface area contributed by atoms with Gasteiger partial charge in [0.15, 0.2) is 5.79 Å². The van der Waals surface area contributed by atoms with Crippen LogP contribution in [0, 0.1) is 0 Å². The van der Waals surface area contributed by atoms with Crippen LogP contribution in [0.4, 0.5) is 0 Å². The Morgan fingerprint density at radius 2 is 2.14 bits per heavy atom. The molecule has 0 aromatic heterocycles. The van der Waals surface area contributed by atoms with Gasteiger partial charge < -0.3 is 19.9 Å². The number of quaternary nitrogens is 1. The van der Waals surface area contributed by atoms with Gasteiger partial charge in [-0.15, -0.1) is 0 Å². The minimum Gasteiger partial charge on any atom is -0.391 e. The van der Waals surface area contributed by atoms with Gasteiger partial charge in [0.25, 0.3) is 0 Å². The first-order valence-electron chi connectivity index (χ1n) is 5.59. The number of nitrogens with two attached hydrogens (primary N) is 1. The van der Waals surface area contributed by atoms with Crippen molar-refractivity contribution in [3.8, 4) is 0 Å². The lowest BCUT2D eigenvalue weighted by Crippen LogP contribution is -2.87. The van der Waals surface area contributed by atoms with Gasteiger partial charge in [-0.25, -0.2) is 0 Å². The topological polar surface area (TPSA) is 55.3 Å². The normalized spacial score (nSPS) is 30.2. The Labute approximate surface area is 84.6 Å². The highest BCUT2D eigenvalue weighted by atomic mass is 16.7. The van der Waals surface area contributed by atoms with E-state index in [1.807, 2.05) is 0 Å². The molecule has 0 amide bonds. The van der Waals surface area contributed by atoms with Crippen molar-refractivity contribution in [2.24, 2.45) is 0 Å². The number of aliphatic hydroxyl groups is 1. The highest BCUT2D eigenvalue weighted by Crippen LogP contribution is 2.38. The van der Waals surface area contributed by atoms with Crippen LogP contribution in [0.25, 0.3) is 0 Å². The van der Waals surface area contributed by atoms with Crippen molar-refractivity contribution < 1.29 is 19.9 Å². The summed E-state index contributed by atoms with van der Waals surface area (Å²) in [7, 11) is 0. The van der Waals surface area contributed by atoms with E-state index < -0.39 is 0 Å². The molecule has 2 rings (SSSR count). The molecule has 4 nitrogen and oxygen atoms in total. The molecule has 0 bridgehead atoms. The summed E-state index contributed by atoms with van der Waals surface area (Å²) in [6, 6.07) is 0. The van der Waals surface area contributed by atoms with Crippen molar-refractivity contribution in [1.82, 2.24) is 0 Å². The van der Waals surface area contributed by atoms with Crippen molar-refractivity contribution in [3.63, 3.8) is 0 Å². The van der Waals surface area contributed by atoms with Gasteiger partial charge in [0.1, 0.15) is 12.6 Å². The summed E-state index contributed by atoms with van der Waals surface area (Å²) < 4.78 is 11.7. The summed E-state index contributed by atoms with van der Waals surface area (Å²) >= 11 is 0. The fraction of sp³-hybridized carbons (Fsp3) is 1.00. The van der Waals surface area contributed by atoms with Gasteiger partial charge in [-0.1, -0.05) is 0 Å². The monoisotopic (exact) mass is 202 g/mol. The van der Waals surface area contributed by atoms with Crippen molar-refractivity contribution >= 4 is 0 Å². The molecule has 1 aliphatic heterocycles. The Bertz CT molecular complexity index is 180. The van der Waals surface area contributed by atoms with Crippen molar-refractivity contribution in [1.29, 1.82) is 0 Å². The van der Waals surface area contributed by atoms with Crippen LogP contribution in [0.3, 0.4) is 0 Å². The number of aliphatic hydroxyl groups excluding tert-OH is 1.